The highest BCUT2D eigenvalue weighted by Gasteiger charge is 2.27. The van der Waals surface area contributed by atoms with Gasteiger partial charge in [0.2, 0.25) is 0 Å². The first-order chi connectivity index (χ1) is 13.1. The number of nitrogens with zero attached hydrogens (tertiary/aromatic N) is 1. The number of hydrazine groups is 1. The molecular formula is C19H19N3O5. The highest BCUT2D eigenvalue weighted by atomic mass is 16.5. The van der Waals surface area contributed by atoms with E-state index in [9.17, 15) is 14.4 Å². The van der Waals surface area contributed by atoms with E-state index in [1.807, 2.05) is 6.07 Å². The minimum absolute atomic E-state index is 0.136. The predicted octanol–water partition coefficient (Wildman–Crippen LogP) is 1.02. The lowest BCUT2D eigenvalue weighted by Gasteiger charge is -2.28. The number of nitrogens with one attached hydrogen (secondary N) is 2. The number of hydrogen-bond donors (Lipinski definition) is 2. The fraction of sp³-hybridized carbons (Fsp3) is 0.211. The summed E-state index contributed by atoms with van der Waals surface area (Å²) in [5.74, 6) is -0.789. The number of carbonyl (C=O) groups excluding carboxylic acids is 3. The monoisotopic (exact) mass is 369 g/mol. The van der Waals surface area contributed by atoms with Gasteiger partial charge in [0.15, 0.2) is 6.61 Å². The van der Waals surface area contributed by atoms with Crippen LogP contribution in [-0.4, -0.2) is 38.0 Å². The number of anilines is 1. The second-order valence-electron chi connectivity index (χ2n) is 5.87. The molecule has 8 heteroatoms. The van der Waals surface area contributed by atoms with Crippen molar-refractivity contribution in [2.75, 3.05) is 25.2 Å². The Labute approximate surface area is 156 Å². The van der Waals surface area contributed by atoms with E-state index < -0.39 is 11.8 Å². The van der Waals surface area contributed by atoms with Gasteiger partial charge in [0.25, 0.3) is 17.7 Å². The lowest BCUT2D eigenvalue weighted by atomic mass is 10.1. The molecule has 0 atom stereocenters. The van der Waals surface area contributed by atoms with E-state index in [1.54, 1.807) is 49.6 Å². The molecule has 2 aromatic carbocycles. The summed E-state index contributed by atoms with van der Waals surface area (Å²) in [6.07, 6.45) is 0. The molecular weight excluding hydrogens is 350 g/mol. The molecule has 0 bridgehead atoms. The van der Waals surface area contributed by atoms with Crippen molar-refractivity contribution in [2.24, 2.45) is 0 Å². The molecule has 3 amide bonds. The van der Waals surface area contributed by atoms with Crippen LogP contribution in [0, 0.1) is 0 Å². The fourth-order valence-corrected chi connectivity index (χ4v) is 2.68. The number of fused-ring (bicyclic) bond motifs is 1. The Morgan fingerprint density at radius 2 is 1.96 bits per heavy atom. The molecule has 0 spiro atoms. The van der Waals surface area contributed by atoms with Crippen LogP contribution in [0.15, 0.2) is 48.5 Å². The smallest absolute Gasteiger partial charge is 0.269 e. The molecule has 1 aliphatic heterocycles. The number of carbonyl (C=O) groups is 3. The molecule has 0 aromatic heterocycles. The lowest BCUT2D eigenvalue weighted by Crippen LogP contribution is -2.49. The van der Waals surface area contributed by atoms with E-state index in [1.165, 1.54) is 4.90 Å². The van der Waals surface area contributed by atoms with E-state index in [-0.39, 0.29) is 19.1 Å². The second-order valence-corrected chi connectivity index (χ2v) is 5.87. The van der Waals surface area contributed by atoms with Gasteiger partial charge in [-0.25, -0.2) is 0 Å². The number of ether oxygens (including phenoxy) is 2. The SMILES string of the molecule is COCc1cccc(C(=O)NNC(=O)CN2C(=O)COc3ccccc32)c1. The topological polar surface area (TPSA) is 97.0 Å². The minimum Gasteiger partial charge on any atom is -0.482 e. The van der Waals surface area contributed by atoms with Crippen molar-refractivity contribution in [1.29, 1.82) is 0 Å². The van der Waals surface area contributed by atoms with Crippen LogP contribution in [-0.2, 0) is 20.9 Å². The molecule has 8 nitrogen and oxygen atoms in total. The molecule has 1 aliphatic rings. The molecule has 0 unspecified atom stereocenters. The molecule has 27 heavy (non-hydrogen) atoms. The van der Waals surface area contributed by atoms with E-state index in [0.29, 0.717) is 23.6 Å². The van der Waals surface area contributed by atoms with Crippen molar-refractivity contribution >= 4 is 23.4 Å². The van der Waals surface area contributed by atoms with Gasteiger partial charge in [-0.2, -0.15) is 0 Å². The predicted molar refractivity (Wildman–Crippen MR) is 97.1 cm³/mol. The van der Waals surface area contributed by atoms with E-state index in [2.05, 4.69) is 10.9 Å². The third-order valence-electron chi connectivity index (χ3n) is 3.93. The van der Waals surface area contributed by atoms with Crippen LogP contribution in [0.25, 0.3) is 0 Å². The molecule has 0 aliphatic carbocycles. The minimum atomic E-state index is -0.526. The summed E-state index contributed by atoms with van der Waals surface area (Å²) in [6, 6.07) is 13.8. The van der Waals surface area contributed by atoms with Gasteiger partial charge >= 0.3 is 0 Å². The molecule has 0 saturated carbocycles. The quantitative estimate of drug-likeness (QED) is 0.767. The van der Waals surface area contributed by atoms with Crippen LogP contribution in [0.3, 0.4) is 0 Å². The van der Waals surface area contributed by atoms with Crippen molar-refractivity contribution in [3.05, 3.63) is 59.7 Å². The van der Waals surface area contributed by atoms with Gasteiger partial charge in [-0.1, -0.05) is 24.3 Å². The van der Waals surface area contributed by atoms with Crippen molar-refractivity contribution in [1.82, 2.24) is 10.9 Å². The van der Waals surface area contributed by atoms with Crippen molar-refractivity contribution in [3.8, 4) is 5.75 Å². The summed E-state index contributed by atoms with van der Waals surface area (Å²) in [5, 5.41) is 0. The first-order valence-electron chi connectivity index (χ1n) is 8.27. The van der Waals surface area contributed by atoms with Crippen molar-refractivity contribution in [3.63, 3.8) is 0 Å². The molecule has 0 fully saturated rings. The first-order valence-corrected chi connectivity index (χ1v) is 8.27. The summed E-state index contributed by atoms with van der Waals surface area (Å²) in [4.78, 5) is 37.8. The van der Waals surface area contributed by atoms with E-state index in [0.717, 1.165) is 5.56 Å². The summed E-state index contributed by atoms with van der Waals surface area (Å²) in [7, 11) is 1.57. The first kappa shape index (κ1) is 18.4. The average molecular weight is 369 g/mol. The molecule has 2 aromatic rings. The number of benzene rings is 2. The lowest BCUT2D eigenvalue weighted by molar-refractivity contribution is -0.125. The molecule has 140 valence electrons. The van der Waals surface area contributed by atoms with Crippen LogP contribution < -0.4 is 20.5 Å². The normalized spacial score (nSPS) is 12.8. The zero-order valence-electron chi connectivity index (χ0n) is 14.7. The van der Waals surface area contributed by atoms with Gasteiger partial charge in [0, 0.05) is 12.7 Å². The van der Waals surface area contributed by atoms with Gasteiger partial charge in [-0.15, -0.1) is 0 Å². The summed E-state index contributed by atoms with van der Waals surface area (Å²) >= 11 is 0. The highest BCUT2D eigenvalue weighted by Crippen LogP contribution is 2.31. The Kier molecular flexibility index (Phi) is 5.68. The van der Waals surface area contributed by atoms with Gasteiger partial charge in [0.1, 0.15) is 12.3 Å². The van der Waals surface area contributed by atoms with Gasteiger partial charge < -0.3 is 9.47 Å². The number of rotatable bonds is 5. The van der Waals surface area contributed by atoms with Gasteiger partial charge in [-0.05, 0) is 29.8 Å². The Morgan fingerprint density at radius 3 is 2.78 bits per heavy atom. The maximum atomic E-state index is 12.2. The van der Waals surface area contributed by atoms with Gasteiger partial charge in [-0.3, -0.25) is 30.1 Å². The molecule has 2 N–H and O–H groups in total. The van der Waals surface area contributed by atoms with Gasteiger partial charge in [0.05, 0.1) is 12.3 Å². The average Bonchev–Trinajstić information content (AvgIpc) is 2.69. The van der Waals surface area contributed by atoms with E-state index >= 15 is 0 Å². The second kappa shape index (κ2) is 8.33. The Hall–Kier alpha value is -3.39. The summed E-state index contributed by atoms with van der Waals surface area (Å²) in [6.45, 7) is 0.0121. The summed E-state index contributed by atoms with van der Waals surface area (Å²) in [5.41, 5.74) is 6.42. The molecule has 1 heterocycles. The summed E-state index contributed by atoms with van der Waals surface area (Å²) < 4.78 is 10.4. The number of amides is 3. The van der Waals surface area contributed by atoms with Crippen LogP contribution in [0.2, 0.25) is 0 Å². The number of para-hydroxylation sites is 2. The largest absolute Gasteiger partial charge is 0.482 e. The van der Waals surface area contributed by atoms with Crippen molar-refractivity contribution < 1.29 is 23.9 Å². The van der Waals surface area contributed by atoms with Crippen LogP contribution >= 0.6 is 0 Å². The zero-order chi connectivity index (χ0) is 19.2. The number of hydrogen-bond acceptors (Lipinski definition) is 5. The standard InChI is InChI=1S/C19H19N3O5/c1-26-11-13-5-4-6-14(9-13)19(25)21-20-17(23)10-22-15-7-2-3-8-16(15)27-12-18(22)24/h2-9H,10-12H2,1H3,(H,20,23)(H,21,25). The maximum absolute atomic E-state index is 12.2. The Balaban J connectivity index is 1.59. The third-order valence-corrected chi connectivity index (χ3v) is 3.93. The van der Waals surface area contributed by atoms with Crippen molar-refractivity contribution in [2.45, 2.75) is 6.61 Å². The van der Waals surface area contributed by atoms with Crippen LogP contribution in [0.5, 0.6) is 5.75 Å². The third kappa shape index (κ3) is 4.42. The molecule has 3 rings (SSSR count). The van der Waals surface area contributed by atoms with E-state index in [4.69, 9.17) is 9.47 Å². The van der Waals surface area contributed by atoms with Crippen LogP contribution in [0.4, 0.5) is 5.69 Å². The molecule has 0 radical (unpaired) electrons. The highest BCUT2D eigenvalue weighted by molar-refractivity contribution is 6.02. The Morgan fingerprint density at radius 1 is 1.15 bits per heavy atom. The fourth-order valence-electron chi connectivity index (χ4n) is 2.68. The number of methoxy groups -OCH3 is 1. The maximum Gasteiger partial charge on any atom is 0.269 e. The van der Waals surface area contributed by atoms with Crippen LogP contribution in [0.1, 0.15) is 15.9 Å². The molecule has 0 saturated heterocycles. The Bertz CT molecular complexity index is 868. The zero-order valence-corrected chi connectivity index (χ0v) is 14.7.